The van der Waals surface area contributed by atoms with Gasteiger partial charge < -0.3 is 5.73 Å². The van der Waals surface area contributed by atoms with E-state index in [0.717, 1.165) is 0 Å². The summed E-state index contributed by atoms with van der Waals surface area (Å²) in [7, 11) is -3.88. The summed E-state index contributed by atoms with van der Waals surface area (Å²) in [6.07, 6.45) is 0. The average molecular weight is 315 g/mol. The van der Waals surface area contributed by atoms with Crippen molar-refractivity contribution >= 4 is 33.0 Å². The van der Waals surface area contributed by atoms with Crippen LogP contribution in [0, 0.1) is 12.7 Å². The summed E-state index contributed by atoms with van der Waals surface area (Å²) in [5, 5.41) is 0.259. The maximum Gasteiger partial charge on any atom is 0.263 e. The molecular weight excluding hydrogens is 303 g/mol. The molecule has 0 saturated heterocycles. The van der Waals surface area contributed by atoms with E-state index in [1.165, 1.54) is 36.4 Å². The van der Waals surface area contributed by atoms with Gasteiger partial charge in [0.05, 0.1) is 5.69 Å². The summed E-state index contributed by atoms with van der Waals surface area (Å²) in [5.41, 5.74) is 6.32. The van der Waals surface area contributed by atoms with E-state index in [1.54, 1.807) is 6.92 Å². The highest BCUT2D eigenvalue weighted by Gasteiger charge is 2.18. The number of anilines is 2. The minimum absolute atomic E-state index is 0.0840. The van der Waals surface area contributed by atoms with Crippen molar-refractivity contribution in [3.05, 3.63) is 52.8 Å². The fourth-order valence-electron chi connectivity index (χ4n) is 1.66. The first kappa shape index (κ1) is 14.6. The zero-order chi connectivity index (χ0) is 14.9. The third-order valence-corrected chi connectivity index (χ3v) is 4.35. The lowest BCUT2D eigenvalue weighted by Crippen LogP contribution is -2.15. The van der Waals surface area contributed by atoms with Gasteiger partial charge in [0.2, 0.25) is 0 Å². The van der Waals surface area contributed by atoms with Gasteiger partial charge in [-0.3, -0.25) is 4.72 Å². The first-order chi connectivity index (χ1) is 9.29. The fourth-order valence-corrected chi connectivity index (χ4v) is 3.10. The average Bonchev–Trinajstić information content (AvgIpc) is 2.36. The van der Waals surface area contributed by atoms with Crippen LogP contribution < -0.4 is 10.5 Å². The highest BCUT2D eigenvalue weighted by molar-refractivity contribution is 7.92. The van der Waals surface area contributed by atoms with Crippen molar-refractivity contribution < 1.29 is 12.8 Å². The zero-order valence-corrected chi connectivity index (χ0v) is 12.1. The number of nitrogen functional groups attached to an aromatic ring is 1. The van der Waals surface area contributed by atoms with Gasteiger partial charge >= 0.3 is 0 Å². The van der Waals surface area contributed by atoms with Crippen molar-refractivity contribution in [3.63, 3.8) is 0 Å². The van der Waals surface area contributed by atoms with Gasteiger partial charge in [-0.1, -0.05) is 11.6 Å². The number of nitrogens with two attached hydrogens (primary N) is 1. The van der Waals surface area contributed by atoms with Crippen LogP contribution in [-0.4, -0.2) is 8.42 Å². The third kappa shape index (κ3) is 3.02. The van der Waals surface area contributed by atoms with Crippen molar-refractivity contribution in [2.45, 2.75) is 11.8 Å². The largest absolute Gasteiger partial charge is 0.398 e. The predicted molar refractivity (Wildman–Crippen MR) is 77.8 cm³/mol. The minimum Gasteiger partial charge on any atom is -0.398 e. The molecule has 0 aliphatic carbocycles. The number of nitrogens with one attached hydrogen (secondary N) is 1. The van der Waals surface area contributed by atoms with E-state index in [1.807, 2.05) is 0 Å². The topological polar surface area (TPSA) is 72.2 Å². The summed E-state index contributed by atoms with van der Waals surface area (Å²) < 4.78 is 39.9. The zero-order valence-electron chi connectivity index (χ0n) is 10.5. The van der Waals surface area contributed by atoms with E-state index in [9.17, 15) is 12.8 Å². The van der Waals surface area contributed by atoms with Crippen LogP contribution in [0.5, 0.6) is 0 Å². The van der Waals surface area contributed by atoms with Crippen LogP contribution in [0.4, 0.5) is 15.8 Å². The molecule has 20 heavy (non-hydrogen) atoms. The molecule has 0 heterocycles. The first-order valence-electron chi connectivity index (χ1n) is 5.63. The Morgan fingerprint density at radius 2 is 1.90 bits per heavy atom. The number of rotatable bonds is 3. The molecule has 0 atom stereocenters. The lowest BCUT2D eigenvalue weighted by atomic mass is 10.2. The van der Waals surface area contributed by atoms with Gasteiger partial charge in [0.1, 0.15) is 10.7 Å². The smallest absolute Gasteiger partial charge is 0.263 e. The molecule has 0 aliphatic rings. The van der Waals surface area contributed by atoms with Crippen molar-refractivity contribution in [2.24, 2.45) is 0 Å². The quantitative estimate of drug-likeness (QED) is 0.855. The summed E-state index contributed by atoms with van der Waals surface area (Å²) >= 11 is 5.77. The normalized spacial score (nSPS) is 11.3. The number of aryl methyl sites for hydroxylation is 1. The van der Waals surface area contributed by atoms with Gasteiger partial charge in [-0.2, -0.15) is 0 Å². The number of halogens is 2. The van der Waals surface area contributed by atoms with Crippen molar-refractivity contribution in [2.75, 3.05) is 10.5 Å². The highest BCUT2D eigenvalue weighted by Crippen LogP contribution is 2.25. The molecule has 0 saturated carbocycles. The molecule has 0 spiro atoms. The lowest BCUT2D eigenvalue weighted by Gasteiger charge is -2.11. The Labute approximate surface area is 121 Å². The Morgan fingerprint density at radius 3 is 2.55 bits per heavy atom. The second kappa shape index (κ2) is 5.30. The summed E-state index contributed by atoms with van der Waals surface area (Å²) in [5.74, 6) is -0.407. The molecular formula is C13H12ClFN2O2S. The van der Waals surface area contributed by atoms with E-state index in [2.05, 4.69) is 4.72 Å². The standard InChI is InChI=1S/C13H12ClFN2O2S/c1-8-6-10(3-4-11(8)15)17-20(18,19)13-7-9(14)2-5-12(13)16/h2-7,17H,16H2,1H3. The van der Waals surface area contributed by atoms with Gasteiger partial charge in [0.25, 0.3) is 10.0 Å². The second-order valence-corrected chi connectivity index (χ2v) is 6.34. The fraction of sp³-hybridized carbons (Fsp3) is 0.0769. The molecule has 2 aromatic rings. The number of benzene rings is 2. The summed E-state index contributed by atoms with van der Waals surface area (Å²) in [6, 6.07) is 8.09. The highest BCUT2D eigenvalue weighted by atomic mass is 35.5. The molecule has 2 aromatic carbocycles. The molecule has 0 aliphatic heterocycles. The Balaban J connectivity index is 2.40. The van der Waals surface area contributed by atoms with Gasteiger partial charge in [0.15, 0.2) is 0 Å². The second-order valence-electron chi connectivity index (χ2n) is 4.25. The van der Waals surface area contributed by atoms with Crippen LogP contribution >= 0.6 is 11.6 Å². The molecule has 0 unspecified atom stereocenters. The van der Waals surface area contributed by atoms with Crippen LogP contribution in [-0.2, 0) is 10.0 Å². The van der Waals surface area contributed by atoms with Crippen LogP contribution in [0.1, 0.15) is 5.56 Å². The Bertz CT molecular complexity index is 763. The molecule has 0 amide bonds. The van der Waals surface area contributed by atoms with Crippen LogP contribution in [0.15, 0.2) is 41.3 Å². The van der Waals surface area contributed by atoms with Crippen LogP contribution in [0.25, 0.3) is 0 Å². The van der Waals surface area contributed by atoms with Gasteiger partial charge in [-0.15, -0.1) is 0 Å². The maximum atomic E-state index is 13.2. The number of hydrogen-bond donors (Lipinski definition) is 2. The Morgan fingerprint density at radius 1 is 1.20 bits per heavy atom. The Kier molecular flexibility index (Phi) is 3.87. The molecule has 0 fully saturated rings. The third-order valence-electron chi connectivity index (χ3n) is 2.68. The molecule has 106 valence electrons. The van der Waals surface area contributed by atoms with E-state index in [4.69, 9.17) is 17.3 Å². The monoisotopic (exact) mass is 314 g/mol. The van der Waals surface area contributed by atoms with E-state index in [-0.39, 0.29) is 21.3 Å². The van der Waals surface area contributed by atoms with Gasteiger partial charge in [-0.05, 0) is 48.9 Å². The van der Waals surface area contributed by atoms with E-state index >= 15 is 0 Å². The van der Waals surface area contributed by atoms with Gasteiger partial charge in [0, 0.05) is 10.7 Å². The SMILES string of the molecule is Cc1cc(NS(=O)(=O)c2cc(Cl)ccc2N)ccc1F. The maximum absolute atomic E-state index is 13.2. The number of hydrogen-bond acceptors (Lipinski definition) is 3. The number of sulfonamides is 1. The molecule has 0 radical (unpaired) electrons. The molecule has 2 rings (SSSR count). The molecule has 3 N–H and O–H groups in total. The van der Waals surface area contributed by atoms with E-state index in [0.29, 0.717) is 5.56 Å². The summed E-state index contributed by atoms with van der Waals surface area (Å²) in [6.45, 7) is 1.54. The minimum atomic E-state index is -3.88. The lowest BCUT2D eigenvalue weighted by molar-refractivity contribution is 0.601. The molecule has 0 bridgehead atoms. The summed E-state index contributed by atoms with van der Waals surface area (Å²) in [4.78, 5) is -0.119. The van der Waals surface area contributed by atoms with Gasteiger partial charge in [-0.25, -0.2) is 12.8 Å². The van der Waals surface area contributed by atoms with E-state index < -0.39 is 15.8 Å². The van der Waals surface area contributed by atoms with Crippen molar-refractivity contribution in [3.8, 4) is 0 Å². The van der Waals surface area contributed by atoms with Crippen molar-refractivity contribution in [1.82, 2.24) is 0 Å². The molecule has 4 nitrogen and oxygen atoms in total. The predicted octanol–water partition coefficient (Wildman–Crippen LogP) is 3.17. The molecule has 7 heteroatoms. The van der Waals surface area contributed by atoms with Crippen LogP contribution in [0.2, 0.25) is 5.02 Å². The first-order valence-corrected chi connectivity index (χ1v) is 7.50. The molecule has 0 aromatic heterocycles. The Hall–Kier alpha value is -1.79. The van der Waals surface area contributed by atoms with Crippen LogP contribution in [0.3, 0.4) is 0 Å². The van der Waals surface area contributed by atoms with Crippen molar-refractivity contribution in [1.29, 1.82) is 0 Å².